The standard InChI is InChI=1S/C17H16F3N5O2S/c1-21-28(26,27)12-4-5-14(13(7-12)15-9-25(2)10-23-15)24-11-3-6-16(22-8-11)17(18,19)20/h3-10,21,24H,1-2H3. The van der Waals surface area contributed by atoms with Gasteiger partial charge >= 0.3 is 6.18 Å². The maximum Gasteiger partial charge on any atom is 0.433 e. The molecule has 3 aromatic rings. The molecular weight excluding hydrogens is 395 g/mol. The van der Waals surface area contributed by atoms with Crippen LogP contribution in [0, 0.1) is 0 Å². The van der Waals surface area contributed by atoms with E-state index in [1.807, 2.05) is 0 Å². The van der Waals surface area contributed by atoms with Crippen molar-refractivity contribution < 1.29 is 21.6 Å². The van der Waals surface area contributed by atoms with Gasteiger partial charge in [-0.05, 0) is 37.4 Å². The molecule has 0 saturated heterocycles. The van der Waals surface area contributed by atoms with Gasteiger partial charge in [-0.3, -0.25) is 0 Å². The summed E-state index contributed by atoms with van der Waals surface area (Å²) in [6.07, 6.45) is -0.219. The number of alkyl halides is 3. The molecule has 1 aromatic carbocycles. The van der Waals surface area contributed by atoms with Gasteiger partial charge < -0.3 is 9.88 Å². The number of pyridine rings is 1. The lowest BCUT2D eigenvalue weighted by atomic mass is 10.1. The maximum atomic E-state index is 12.7. The molecule has 3 rings (SSSR count). The zero-order valence-electron chi connectivity index (χ0n) is 14.8. The number of imidazole rings is 1. The van der Waals surface area contributed by atoms with E-state index in [0.717, 1.165) is 12.3 Å². The molecule has 148 valence electrons. The molecule has 11 heteroatoms. The van der Waals surface area contributed by atoms with Crippen molar-refractivity contribution in [2.24, 2.45) is 7.05 Å². The van der Waals surface area contributed by atoms with Crippen molar-refractivity contribution in [2.75, 3.05) is 12.4 Å². The van der Waals surface area contributed by atoms with E-state index in [2.05, 4.69) is 20.0 Å². The van der Waals surface area contributed by atoms with Crippen molar-refractivity contribution in [1.29, 1.82) is 0 Å². The van der Waals surface area contributed by atoms with Gasteiger partial charge in [0.05, 0.1) is 28.8 Å². The van der Waals surface area contributed by atoms with Crippen LogP contribution in [0.3, 0.4) is 0 Å². The SMILES string of the molecule is CNS(=O)(=O)c1ccc(Nc2ccc(C(F)(F)F)nc2)c(-c2cn(C)cn2)c1. The maximum absolute atomic E-state index is 12.7. The normalized spacial score (nSPS) is 12.2. The Morgan fingerprint density at radius 3 is 2.39 bits per heavy atom. The Hall–Kier alpha value is -2.92. The number of anilines is 2. The molecule has 0 fully saturated rings. The second kappa shape index (κ2) is 7.24. The first-order valence-electron chi connectivity index (χ1n) is 7.96. The quantitative estimate of drug-likeness (QED) is 0.673. The zero-order valence-corrected chi connectivity index (χ0v) is 15.6. The number of aromatic nitrogens is 3. The van der Waals surface area contributed by atoms with E-state index in [1.165, 1.54) is 31.3 Å². The van der Waals surface area contributed by atoms with E-state index >= 15 is 0 Å². The van der Waals surface area contributed by atoms with Crippen LogP contribution in [0.1, 0.15) is 5.69 Å². The first-order valence-corrected chi connectivity index (χ1v) is 9.44. The monoisotopic (exact) mass is 411 g/mol. The van der Waals surface area contributed by atoms with E-state index in [-0.39, 0.29) is 4.90 Å². The largest absolute Gasteiger partial charge is 0.433 e. The number of halogens is 3. The Labute approximate surface area is 159 Å². The molecule has 0 atom stereocenters. The predicted octanol–water partition coefficient (Wildman–Crippen LogP) is 3.15. The number of nitrogens with one attached hydrogen (secondary N) is 2. The Balaban J connectivity index is 2.03. The highest BCUT2D eigenvalue weighted by Crippen LogP contribution is 2.33. The van der Waals surface area contributed by atoms with Crippen LogP contribution < -0.4 is 10.0 Å². The third-order valence-electron chi connectivity index (χ3n) is 3.88. The fourth-order valence-corrected chi connectivity index (χ4v) is 3.23. The highest BCUT2D eigenvalue weighted by molar-refractivity contribution is 7.89. The smallest absolute Gasteiger partial charge is 0.354 e. The van der Waals surface area contributed by atoms with Gasteiger partial charge in [0.2, 0.25) is 10.0 Å². The zero-order chi connectivity index (χ0) is 20.5. The second-order valence-corrected chi connectivity index (χ2v) is 7.78. The molecule has 0 bridgehead atoms. The Morgan fingerprint density at radius 1 is 1.11 bits per heavy atom. The van der Waals surface area contributed by atoms with E-state index in [4.69, 9.17) is 0 Å². The Morgan fingerprint density at radius 2 is 1.86 bits per heavy atom. The van der Waals surface area contributed by atoms with Gasteiger partial charge in [-0.15, -0.1) is 0 Å². The van der Waals surface area contributed by atoms with Crippen LogP contribution in [0.15, 0.2) is 53.9 Å². The molecule has 0 aliphatic carbocycles. The van der Waals surface area contributed by atoms with Crippen LogP contribution in [0.2, 0.25) is 0 Å². The summed E-state index contributed by atoms with van der Waals surface area (Å²) in [4.78, 5) is 7.67. The van der Waals surface area contributed by atoms with E-state index in [0.29, 0.717) is 22.6 Å². The Kier molecular flexibility index (Phi) is 5.13. The molecule has 0 unspecified atom stereocenters. The number of nitrogens with zero attached hydrogens (tertiary/aromatic N) is 3. The minimum absolute atomic E-state index is 0.0340. The molecule has 0 saturated carbocycles. The number of hydrogen-bond donors (Lipinski definition) is 2. The highest BCUT2D eigenvalue weighted by atomic mass is 32.2. The number of rotatable bonds is 5. The third kappa shape index (κ3) is 4.15. The van der Waals surface area contributed by atoms with Crippen molar-refractivity contribution in [3.63, 3.8) is 0 Å². The predicted molar refractivity (Wildman–Crippen MR) is 97.4 cm³/mol. The number of sulfonamides is 1. The molecule has 0 radical (unpaired) electrons. The molecule has 0 aliphatic heterocycles. The van der Waals surface area contributed by atoms with E-state index < -0.39 is 21.9 Å². The minimum atomic E-state index is -4.53. The van der Waals surface area contributed by atoms with Crippen molar-refractivity contribution in [2.45, 2.75) is 11.1 Å². The van der Waals surface area contributed by atoms with Crippen LogP contribution >= 0.6 is 0 Å². The number of hydrogen-bond acceptors (Lipinski definition) is 5. The summed E-state index contributed by atoms with van der Waals surface area (Å²) in [6, 6.07) is 6.46. The molecule has 0 amide bonds. The van der Waals surface area contributed by atoms with Crippen LogP contribution in [0.25, 0.3) is 11.3 Å². The lowest BCUT2D eigenvalue weighted by Gasteiger charge is -2.13. The summed E-state index contributed by atoms with van der Waals surface area (Å²) in [5.74, 6) is 0. The van der Waals surface area contributed by atoms with Crippen molar-refractivity contribution in [1.82, 2.24) is 19.3 Å². The van der Waals surface area contributed by atoms with E-state index in [9.17, 15) is 21.6 Å². The summed E-state index contributed by atoms with van der Waals surface area (Å²) in [6.45, 7) is 0. The molecule has 7 nitrogen and oxygen atoms in total. The van der Waals surface area contributed by atoms with Crippen LogP contribution in [0.4, 0.5) is 24.5 Å². The second-order valence-electron chi connectivity index (χ2n) is 5.89. The first kappa shape index (κ1) is 19.8. The van der Waals surface area contributed by atoms with Gasteiger partial charge in [0, 0.05) is 24.5 Å². The first-order chi connectivity index (χ1) is 13.1. The van der Waals surface area contributed by atoms with Gasteiger partial charge in [0.25, 0.3) is 0 Å². The van der Waals surface area contributed by atoms with Crippen molar-refractivity contribution in [3.05, 3.63) is 54.7 Å². The fraction of sp³-hybridized carbons (Fsp3) is 0.176. The topological polar surface area (TPSA) is 88.9 Å². The summed E-state index contributed by atoms with van der Waals surface area (Å²) in [5.41, 5.74) is 0.748. The number of benzene rings is 1. The van der Waals surface area contributed by atoms with Crippen LogP contribution in [-0.2, 0) is 23.2 Å². The third-order valence-corrected chi connectivity index (χ3v) is 5.30. The number of aryl methyl sites for hydroxylation is 1. The van der Waals surface area contributed by atoms with Crippen LogP contribution in [0.5, 0.6) is 0 Å². The molecule has 0 spiro atoms. The van der Waals surface area contributed by atoms with Gasteiger partial charge in [-0.1, -0.05) is 0 Å². The summed E-state index contributed by atoms with van der Waals surface area (Å²) < 4.78 is 66.2. The van der Waals surface area contributed by atoms with E-state index in [1.54, 1.807) is 24.1 Å². The molecule has 2 aromatic heterocycles. The molecule has 2 N–H and O–H groups in total. The molecular formula is C17H16F3N5O2S. The van der Waals surface area contributed by atoms with Gasteiger partial charge in [-0.25, -0.2) is 23.1 Å². The summed E-state index contributed by atoms with van der Waals surface area (Å²) >= 11 is 0. The average molecular weight is 411 g/mol. The van der Waals surface area contributed by atoms with Crippen molar-refractivity contribution >= 4 is 21.4 Å². The van der Waals surface area contributed by atoms with Gasteiger partial charge in [-0.2, -0.15) is 13.2 Å². The van der Waals surface area contributed by atoms with Crippen molar-refractivity contribution in [3.8, 4) is 11.3 Å². The summed E-state index contributed by atoms with van der Waals surface area (Å²) in [5, 5.41) is 2.96. The average Bonchev–Trinajstić information content (AvgIpc) is 3.08. The Bertz CT molecular complexity index is 1090. The lowest BCUT2D eigenvalue weighted by Crippen LogP contribution is -2.18. The molecule has 28 heavy (non-hydrogen) atoms. The molecule has 0 aliphatic rings. The van der Waals surface area contributed by atoms with Gasteiger partial charge in [0.1, 0.15) is 5.69 Å². The lowest BCUT2D eigenvalue weighted by molar-refractivity contribution is -0.141. The van der Waals surface area contributed by atoms with Crippen LogP contribution in [-0.4, -0.2) is 30.0 Å². The fourth-order valence-electron chi connectivity index (χ4n) is 2.47. The van der Waals surface area contributed by atoms with Gasteiger partial charge in [0.15, 0.2) is 0 Å². The minimum Gasteiger partial charge on any atom is -0.354 e. The highest BCUT2D eigenvalue weighted by Gasteiger charge is 2.32. The summed E-state index contributed by atoms with van der Waals surface area (Å²) in [7, 11) is -0.620. The molecule has 2 heterocycles.